The number of carbonyl (C=O) groups excluding carboxylic acids is 2. The normalized spacial score (nSPS) is 16.3. The maximum absolute atomic E-state index is 13.7. The summed E-state index contributed by atoms with van der Waals surface area (Å²) >= 11 is 0. The zero-order valence-corrected chi connectivity index (χ0v) is 82.1. The molecule has 2 saturated carbocycles. The summed E-state index contributed by atoms with van der Waals surface area (Å²) in [4.78, 5) is 28.3. The number of ether oxygens (including phenoxy) is 2. The van der Waals surface area contributed by atoms with Gasteiger partial charge in [0, 0.05) is 62.4 Å². The molecule has 0 radical (unpaired) electrons. The highest BCUT2D eigenvalue weighted by molar-refractivity contribution is 7.91. The zero-order chi connectivity index (χ0) is 90.8. The second-order valence-corrected chi connectivity index (χ2v) is 47.2. The first-order valence-corrected chi connectivity index (χ1v) is 46.6. The van der Waals surface area contributed by atoms with Gasteiger partial charge in [-0.3, -0.25) is 14.3 Å². The van der Waals surface area contributed by atoms with Crippen LogP contribution in [0.4, 0.5) is 13.2 Å². The molecule has 2 saturated heterocycles. The largest absolute Gasteiger partial charge is 0.493 e. The van der Waals surface area contributed by atoms with E-state index in [2.05, 4.69) is 219 Å². The Morgan fingerprint density at radius 3 is 1.60 bits per heavy atom. The summed E-state index contributed by atoms with van der Waals surface area (Å²) in [6.45, 7) is 74.2. The lowest BCUT2D eigenvalue weighted by Gasteiger charge is -2.39. The van der Waals surface area contributed by atoms with E-state index in [1.54, 1.807) is 57.4 Å². The number of amides is 2. The van der Waals surface area contributed by atoms with Crippen molar-refractivity contribution >= 4 is 21.7 Å². The summed E-state index contributed by atoms with van der Waals surface area (Å²) in [5.74, 6) is 1.79. The molecule has 0 spiro atoms. The van der Waals surface area contributed by atoms with Gasteiger partial charge in [0.25, 0.3) is 11.8 Å². The Bertz CT molecular complexity index is 3870. The topological polar surface area (TPSA) is 124 Å². The molecule has 2 amide bonds. The molecule has 4 aliphatic rings. The molecular formula is C104H171F3N4O7S. The third-order valence-electron chi connectivity index (χ3n) is 21.1. The molecule has 119 heavy (non-hydrogen) atoms. The average molecular weight is 1680 g/mol. The summed E-state index contributed by atoms with van der Waals surface area (Å²) in [6.07, 6.45) is 24.1. The number of sulfone groups is 1. The third-order valence-corrected chi connectivity index (χ3v) is 23.3. The van der Waals surface area contributed by atoms with Gasteiger partial charge >= 0.3 is 0 Å². The molecule has 676 valence electrons. The molecule has 4 aromatic carbocycles. The van der Waals surface area contributed by atoms with Crippen LogP contribution < -0.4 is 4.74 Å². The molecule has 11 nitrogen and oxygen atoms in total. The van der Waals surface area contributed by atoms with Crippen molar-refractivity contribution in [3.63, 3.8) is 0 Å². The van der Waals surface area contributed by atoms with Gasteiger partial charge in [0.2, 0.25) is 5.91 Å². The maximum atomic E-state index is 13.7. The van der Waals surface area contributed by atoms with Crippen LogP contribution in [-0.2, 0) is 51.1 Å². The van der Waals surface area contributed by atoms with Crippen LogP contribution in [0.25, 0.3) is 0 Å². The van der Waals surface area contributed by atoms with Gasteiger partial charge in [-0.1, -0.05) is 305 Å². The first kappa shape index (κ1) is 109. The highest BCUT2D eigenvalue weighted by atomic mass is 32.2. The SMILES string of the molecule is CC(C)(C)C(F)(F)c1ccccc1.CC(C)(C)C1CC(=O)N(C2CCCC2)C1.CC(C)(C)C1CCCN(C(=O)c2ccoc2)C1.CC(C)(C)CCc1ccccc1F.CC(C)(C)COCC1CC1.CC(C)CCS(=O)(=O)CC(C)(C)C.CCc1ccc(OCC(C)(C)C)cc1.Cc1ccccc1CC(C)(C)C.Cc1cnn(CCC(C)(C)C)c1. The van der Waals surface area contributed by atoms with Crippen molar-refractivity contribution in [2.24, 2.45) is 72.4 Å². The van der Waals surface area contributed by atoms with Crippen LogP contribution in [0.3, 0.4) is 0 Å². The number of carbonyl (C=O) groups is 2. The van der Waals surface area contributed by atoms with Gasteiger partial charge in [0.05, 0.1) is 42.7 Å². The standard InChI is InChI=1S/C14H21NO2.C13H23NO.C13H20O.C12H17F.C12H18.C11H14F2.C10H18N2.C10H22O2S.C9H18O/c1-14(2,3)12-5-4-7-15(9-12)13(16)11-6-8-17-10-11;1-13(2,3)10-8-12(15)14(9-10)11-6-4-5-7-11;1-5-11-6-8-12(9-7-11)14-10-13(2,3)4;1-12(2,3)9-8-10-6-4-5-7-11(10)13;1-10-7-5-6-8-11(10)9-12(2,3)4;1-10(2,3)11(12,13)9-7-5-4-6-8-9;1-9-7-11-12(8-9)6-5-10(2,3)4;1-9(2)6-7-13(11,12)8-10(3,4)5;1-9(2,3)7-10-6-8-4-5-8/h6,8,10,12H,4-5,7,9H2,1-3H3;10-11H,4-9H2,1-3H3;6-9H,5,10H2,1-4H3;4-7H,8-9H2,1-3H3;5-8H,9H2,1-4H3;4-8H,1-3H3;7-8H,5-6H2,1-4H3;9H,6-8H2,1-5H3;8H,4-7H2,1-3H3. The molecule has 2 atom stereocenters. The van der Waals surface area contributed by atoms with Crippen molar-refractivity contribution in [1.29, 1.82) is 0 Å². The summed E-state index contributed by atoms with van der Waals surface area (Å²) in [5.41, 5.74) is 8.11. The van der Waals surface area contributed by atoms with Crippen molar-refractivity contribution in [3.8, 4) is 5.75 Å². The van der Waals surface area contributed by atoms with E-state index in [1.807, 2.05) is 74.7 Å². The van der Waals surface area contributed by atoms with E-state index in [0.29, 0.717) is 63.0 Å². The predicted octanol–water partition coefficient (Wildman–Crippen LogP) is 28.5. The monoisotopic (exact) mass is 1680 g/mol. The Morgan fingerprint density at radius 2 is 1.15 bits per heavy atom. The van der Waals surface area contributed by atoms with Crippen LogP contribution in [-0.4, -0.2) is 96.8 Å². The van der Waals surface area contributed by atoms with Crippen LogP contribution in [0.2, 0.25) is 0 Å². The van der Waals surface area contributed by atoms with Crippen molar-refractivity contribution in [1.82, 2.24) is 19.6 Å². The Balaban J connectivity index is 0.000000455. The lowest BCUT2D eigenvalue weighted by Crippen LogP contribution is -2.43. The molecule has 0 bridgehead atoms. The molecule has 4 heterocycles. The van der Waals surface area contributed by atoms with E-state index in [1.165, 1.54) is 105 Å². The second-order valence-electron chi connectivity index (χ2n) is 45.0. The van der Waals surface area contributed by atoms with E-state index in [-0.39, 0.29) is 44.4 Å². The second kappa shape index (κ2) is 49.3. The van der Waals surface area contributed by atoms with Crippen molar-refractivity contribution in [3.05, 3.63) is 179 Å². The zero-order valence-electron chi connectivity index (χ0n) is 81.2. The predicted molar refractivity (Wildman–Crippen MR) is 499 cm³/mol. The van der Waals surface area contributed by atoms with Gasteiger partial charge in [-0.05, 0) is 210 Å². The minimum absolute atomic E-state index is 0.0771. The molecule has 15 heteroatoms. The Labute approximate surface area is 726 Å². The smallest absolute Gasteiger partial charge is 0.277 e. The quantitative estimate of drug-likeness (QED) is 0.0833. The molecule has 4 fully saturated rings. The minimum atomic E-state index is -2.83. The first-order chi connectivity index (χ1) is 54.5. The van der Waals surface area contributed by atoms with Crippen LogP contribution in [0.15, 0.2) is 139 Å². The number of aryl methyl sites for hydroxylation is 5. The van der Waals surface area contributed by atoms with E-state index >= 15 is 0 Å². The average Bonchev–Trinajstić information content (AvgIpc) is 1.42. The van der Waals surface area contributed by atoms with E-state index in [9.17, 15) is 31.2 Å². The molecule has 0 N–H and O–H groups in total. The van der Waals surface area contributed by atoms with Crippen LogP contribution in [0.1, 0.15) is 329 Å². The molecule has 2 unspecified atom stereocenters. The number of hydrogen-bond acceptors (Lipinski definition) is 8. The van der Waals surface area contributed by atoms with Crippen molar-refractivity contribution < 1.29 is 45.1 Å². The number of halogens is 3. The third kappa shape index (κ3) is 49.6. The Hall–Kier alpha value is -6.19. The number of benzene rings is 4. The number of nitrogens with zero attached hydrogens (tertiary/aromatic N) is 4. The minimum Gasteiger partial charge on any atom is -0.493 e. The molecule has 2 aliphatic carbocycles. The number of likely N-dealkylation sites (tertiary alicyclic amines) is 2. The number of rotatable bonds is 18. The Morgan fingerprint density at radius 1 is 0.605 bits per heavy atom. The fraction of sp³-hybridized carbons (Fsp3) is 0.683. The first-order valence-electron chi connectivity index (χ1n) is 44.8. The number of furan rings is 1. The van der Waals surface area contributed by atoms with Gasteiger partial charge in [-0.25, -0.2) is 21.6 Å². The maximum Gasteiger partial charge on any atom is 0.277 e. The molecule has 6 aromatic rings. The fourth-order valence-corrected chi connectivity index (χ4v) is 15.4. The van der Waals surface area contributed by atoms with Crippen LogP contribution in [0, 0.1) is 92.1 Å². The van der Waals surface area contributed by atoms with Gasteiger partial charge in [0.1, 0.15) is 17.8 Å². The molecule has 2 aliphatic heterocycles. The summed E-state index contributed by atoms with van der Waals surface area (Å²) < 4.78 is 81.8. The van der Waals surface area contributed by atoms with Gasteiger partial charge in [0.15, 0.2) is 9.84 Å². The van der Waals surface area contributed by atoms with Crippen molar-refractivity contribution in [2.75, 3.05) is 51.0 Å². The summed E-state index contributed by atoms with van der Waals surface area (Å²) in [5, 5.41) is 4.24. The summed E-state index contributed by atoms with van der Waals surface area (Å²) in [6, 6.07) is 34.2. The lowest BCUT2D eigenvalue weighted by molar-refractivity contribution is -0.129. The molecular weight excluding hydrogens is 1510 g/mol. The highest BCUT2D eigenvalue weighted by Crippen LogP contribution is 2.44. The van der Waals surface area contributed by atoms with Crippen LogP contribution >= 0.6 is 0 Å². The number of piperidine rings is 1. The highest BCUT2D eigenvalue weighted by Gasteiger charge is 2.45. The molecule has 10 rings (SSSR count). The number of alkyl halides is 2. The van der Waals surface area contributed by atoms with Gasteiger partial charge in [-0.2, -0.15) is 5.10 Å². The van der Waals surface area contributed by atoms with E-state index < -0.39 is 21.2 Å². The Kier molecular flexibility index (Phi) is 45.1. The number of hydrogen-bond donors (Lipinski definition) is 0. The van der Waals surface area contributed by atoms with Crippen LogP contribution in [0.5, 0.6) is 5.75 Å². The summed E-state index contributed by atoms with van der Waals surface area (Å²) in [7, 11) is -2.83. The van der Waals surface area contributed by atoms with E-state index in [0.717, 1.165) is 102 Å². The van der Waals surface area contributed by atoms with E-state index in [4.69, 9.17) is 13.9 Å². The van der Waals surface area contributed by atoms with Gasteiger partial charge < -0.3 is 23.7 Å². The van der Waals surface area contributed by atoms with Crippen molar-refractivity contribution in [2.45, 2.75) is 336 Å². The number of aromatic nitrogens is 2. The molecule has 2 aromatic heterocycles. The lowest BCUT2D eigenvalue weighted by atomic mass is 9.76. The van der Waals surface area contributed by atoms with Gasteiger partial charge in [-0.15, -0.1) is 0 Å². The fourth-order valence-electron chi connectivity index (χ4n) is 13.1.